The zero-order chi connectivity index (χ0) is 14.0. The highest BCUT2D eigenvalue weighted by atomic mass is 79.9. The molecular formula is C14H11BrF2O2. The molecule has 0 fully saturated rings. The summed E-state index contributed by atoms with van der Waals surface area (Å²) < 4.78 is 32.3. The van der Waals surface area contributed by atoms with E-state index in [1.165, 1.54) is 7.11 Å². The SMILES string of the molecule is COc1cc(Br)ccc1C(O)c1cc(F)cc(F)c1. The van der Waals surface area contributed by atoms with Gasteiger partial charge in [0.15, 0.2) is 0 Å². The maximum atomic E-state index is 13.2. The van der Waals surface area contributed by atoms with Crippen molar-refractivity contribution < 1.29 is 18.6 Å². The van der Waals surface area contributed by atoms with E-state index >= 15 is 0 Å². The van der Waals surface area contributed by atoms with Gasteiger partial charge < -0.3 is 9.84 Å². The van der Waals surface area contributed by atoms with Crippen molar-refractivity contribution in [1.29, 1.82) is 0 Å². The van der Waals surface area contributed by atoms with E-state index in [2.05, 4.69) is 15.9 Å². The van der Waals surface area contributed by atoms with Crippen LogP contribution >= 0.6 is 15.9 Å². The topological polar surface area (TPSA) is 29.5 Å². The van der Waals surface area contributed by atoms with Crippen molar-refractivity contribution in [3.05, 3.63) is 63.6 Å². The number of halogens is 3. The number of methoxy groups -OCH3 is 1. The van der Waals surface area contributed by atoms with Crippen LogP contribution in [0.4, 0.5) is 8.78 Å². The summed E-state index contributed by atoms with van der Waals surface area (Å²) in [5, 5.41) is 10.2. The molecule has 2 aromatic carbocycles. The molecule has 2 rings (SSSR count). The Morgan fingerprint density at radius 1 is 1.11 bits per heavy atom. The molecule has 0 aliphatic heterocycles. The first-order chi connectivity index (χ1) is 9.01. The minimum absolute atomic E-state index is 0.137. The molecule has 100 valence electrons. The van der Waals surface area contributed by atoms with E-state index in [0.29, 0.717) is 11.3 Å². The number of ether oxygens (including phenoxy) is 1. The number of aliphatic hydroxyl groups excluding tert-OH is 1. The first kappa shape index (κ1) is 14.0. The fourth-order valence-corrected chi connectivity index (χ4v) is 2.16. The number of aliphatic hydroxyl groups is 1. The molecular weight excluding hydrogens is 318 g/mol. The highest BCUT2D eigenvalue weighted by molar-refractivity contribution is 9.10. The Bertz CT molecular complexity index is 582. The normalized spacial score (nSPS) is 12.3. The molecule has 0 aliphatic rings. The third-order valence-corrected chi connectivity index (χ3v) is 3.18. The van der Waals surface area contributed by atoms with Crippen molar-refractivity contribution in [1.82, 2.24) is 0 Å². The summed E-state index contributed by atoms with van der Waals surface area (Å²) in [5.74, 6) is -1.03. The van der Waals surface area contributed by atoms with E-state index in [1.54, 1.807) is 18.2 Å². The molecule has 0 aromatic heterocycles. The molecule has 0 aliphatic carbocycles. The van der Waals surface area contributed by atoms with Gasteiger partial charge in [0.1, 0.15) is 23.5 Å². The molecule has 0 bridgehead atoms. The number of hydrogen-bond acceptors (Lipinski definition) is 2. The highest BCUT2D eigenvalue weighted by Gasteiger charge is 2.17. The van der Waals surface area contributed by atoms with Gasteiger partial charge in [0.05, 0.1) is 7.11 Å². The lowest BCUT2D eigenvalue weighted by Crippen LogP contribution is -2.03. The minimum Gasteiger partial charge on any atom is -0.496 e. The lowest BCUT2D eigenvalue weighted by Gasteiger charge is -2.15. The highest BCUT2D eigenvalue weighted by Crippen LogP contribution is 2.32. The van der Waals surface area contributed by atoms with Gasteiger partial charge in [-0.15, -0.1) is 0 Å². The van der Waals surface area contributed by atoms with Crippen molar-refractivity contribution in [2.24, 2.45) is 0 Å². The van der Waals surface area contributed by atoms with Crippen LogP contribution in [0.3, 0.4) is 0 Å². The van der Waals surface area contributed by atoms with Crippen LogP contribution in [0.25, 0.3) is 0 Å². The van der Waals surface area contributed by atoms with E-state index in [-0.39, 0.29) is 5.56 Å². The molecule has 2 aromatic rings. The summed E-state index contributed by atoms with van der Waals surface area (Å²) in [6.45, 7) is 0. The number of hydrogen-bond donors (Lipinski definition) is 1. The lowest BCUT2D eigenvalue weighted by molar-refractivity contribution is 0.213. The molecule has 0 saturated carbocycles. The third-order valence-electron chi connectivity index (χ3n) is 2.69. The van der Waals surface area contributed by atoms with Gasteiger partial charge in [-0.1, -0.05) is 22.0 Å². The monoisotopic (exact) mass is 328 g/mol. The van der Waals surface area contributed by atoms with E-state index in [9.17, 15) is 13.9 Å². The van der Waals surface area contributed by atoms with Crippen LogP contribution in [0.2, 0.25) is 0 Å². The van der Waals surface area contributed by atoms with E-state index in [1.807, 2.05) is 0 Å². The third kappa shape index (κ3) is 3.11. The maximum absolute atomic E-state index is 13.2. The Morgan fingerprint density at radius 2 is 1.74 bits per heavy atom. The zero-order valence-electron chi connectivity index (χ0n) is 10.0. The Labute approximate surface area is 117 Å². The molecule has 5 heteroatoms. The fourth-order valence-electron chi connectivity index (χ4n) is 1.82. The summed E-state index contributed by atoms with van der Waals surface area (Å²) in [4.78, 5) is 0. The van der Waals surface area contributed by atoms with Crippen LogP contribution in [0.15, 0.2) is 40.9 Å². The van der Waals surface area contributed by atoms with Gasteiger partial charge in [-0.2, -0.15) is 0 Å². The maximum Gasteiger partial charge on any atom is 0.126 e. The van der Waals surface area contributed by atoms with Crippen LogP contribution in [-0.2, 0) is 0 Å². The van der Waals surface area contributed by atoms with Gasteiger partial charge >= 0.3 is 0 Å². The van der Waals surface area contributed by atoms with Crippen molar-refractivity contribution in [2.75, 3.05) is 7.11 Å². The zero-order valence-corrected chi connectivity index (χ0v) is 11.6. The van der Waals surface area contributed by atoms with Gasteiger partial charge in [-0.05, 0) is 29.8 Å². The van der Waals surface area contributed by atoms with Gasteiger partial charge in [0.2, 0.25) is 0 Å². The largest absolute Gasteiger partial charge is 0.496 e. The standard InChI is InChI=1S/C14H11BrF2O2/c1-19-13-6-9(15)2-3-12(13)14(18)8-4-10(16)7-11(17)5-8/h2-7,14,18H,1H3. The Morgan fingerprint density at radius 3 is 2.32 bits per heavy atom. The predicted molar refractivity (Wildman–Crippen MR) is 71.1 cm³/mol. The van der Waals surface area contributed by atoms with Crippen molar-refractivity contribution >= 4 is 15.9 Å². The van der Waals surface area contributed by atoms with E-state index < -0.39 is 17.7 Å². The molecule has 1 N–H and O–H groups in total. The summed E-state index contributed by atoms with van der Waals surface area (Å²) >= 11 is 3.28. The van der Waals surface area contributed by atoms with Crippen molar-refractivity contribution in [3.63, 3.8) is 0 Å². The Kier molecular flexibility index (Phi) is 4.17. The van der Waals surface area contributed by atoms with Crippen molar-refractivity contribution in [3.8, 4) is 5.75 Å². The Balaban J connectivity index is 2.46. The molecule has 2 nitrogen and oxygen atoms in total. The van der Waals surface area contributed by atoms with Crippen LogP contribution in [0.1, 0.15) is 17.2 Å². The van der Waals surface area contributed by atoms with Gasteiger partial charge in [-0.3, -0.25) is 0 Å². The predicted octanol–water partition coefficient (Wildman–Crippen LogP) is 3.82. The first-order valence-electron chi connectivity index (χ1n) is 5.48. The van der Waals surface area contributed by atoms with Crippen LogP contribution in [0.5, 0.6) is 5.75 Å². The molecule has 1 atom stereocenters. The average molecular weight is 329 g/mol. The Hall–Kier alpha value is -1.46. The summed E-state index contributed by atoms with van der Waals surface area (Å²) in [7, 11) is 1.46. The number of benzene rings is 2. The fraction of sp³-hybridized carbons (Fsp3) is 0.143. The molecule has 19 heavy (non-hydrogen) atoms. The summed E-state index contributed by atoms with van der Waals surface area (Å²) in [6.07, 6.45) is -1.16. The molecule has 1 unspecified atom stereocenters. The van der Waals surface area contributed by atoms with Gasteiger partial charge in [0.25, 0.3) is 0 Å². The average Bonchev–Trinajstić information content (AvgIpc) is 2.36. The first-order valence-corrected chi connectivity index (χ1v) is 6.28. The summed E-state index contributed by atoms with van der Waals surface area (Å²) in [6, 6.07) is 7.97. The molecule has 0 spiro atoms. The quantitative estimate of drug-likeness (QED) is 0.928. The smallest absolute Gasteiger partial charge is 0.126 e. The minimum atomic E-state index is -1.16. The van der Waals surface area contributed by atoms with E-state index in [4.69, 9.17) is 4.74 Å². The van der Waals surface area contributed by atoms with Gasteiger partial charge in [0, 0.05) is 16.1 Å². The molecule has 0 heterocycles. The van der Waals surface area contributed by atoms with Crippen LogP contribution < -0.4 is 4.74 Å². The molecule has 0 amide bonds. The van der Waals surface area contributed by atoms with Crippen LogP contribution in [0, 0.1) is 11.6 Å². The second-order valence-electron chi connectivity index (χ2n) is 3.99. The molecule has 0 radical (unpaired) electrons. The second-order valence-corrected chi connectivity index (χ2v) is 4.91. The number of rotatable bonds is 3. The summed E-state index contributed by atoms with van der Waals surface area (Å²) in [5.41, 5.74) is 0.578. The van der Waals surface area contributed by atoms with Crippen LogP contribution in [-0.4, -0.2) is 12.2 Å². The molecule has 0 saturated heterocycles. The second kappa shape index (κ2) is 5.67. The van der Waals surface area contributed by atoms with Crippen molar-refractivity contribution in [2.45, 2.75) is 6.10 Å². The van der Waals surface area contributed by atoms with Gasteiger partial charge in [-0.25, -0.2) is 8.78 Å². The van der Waals surface area contributed by atoms with E-state index in [0.717, 1.165) is 22.7 Å². The lowest BCUT2D eigenvalue weighted by atomic mass is 10.0.